The number of nitriles is 1. The maximum atomic E-state index is 13.3. The normalized spacial score (nSPS) is 13.4. The molecule has 1 aliphatic rings. The summed E-state index contributed by atoms with van der Waals surface area (Å²) in [7, 11) is 1.74. The molecule has 9 heteroatoms. The molecule has 7 nitrogen and oxygen atoms in total. The molecule has 2 aromatic heterocycles. The Balaban J connectivity index is 1.73. The maximum absolute atomic E-state index is 13.3. The lowest BCUT2D eigenvalue weighted by atomic mass is 9.94. The smallest absolute Gasteiger partial charge is 0.272 e. The number of alkyl halides is 2. The lowest BCUT2D eigenvalue weighted by molar-refractivity contribution is 0.149. The second kappa shape index (κ2) is 8.95. The van der Waals surface area contributed by atoms with Crippen molar-refractivity contribution >= 4 is 10.8 Å². The van der Waals surface area contributed by atoms with Gasteiger partial charge >= 0.3 is 0 Å². The first-order valence-corrected chi connectivity index (χ1v) is 11.5. The fourth-order valence-electron chi connectivity index (χ4n) is 4.35. The summed E-state index contributed by atoms with van der Waals surface area (Å²) in [4.78, 5) is 12.3. The standard InChI is InChI=1S/C26H23F2N5O2/c1-3-22-18-11-15(4-7-17(18)26(34)32-31-22)21-13-30-33(2)25(21)19-8-14(10-24(27)28)9-23(20(19)12-29)35-16-5-6-16/h4,7-9,11,13,16,24H,3,5-6,10H2,1-2H3,(H,32,34). The van der Waals surface area contributed by atoms with Crippen LogP contribution in [0.1, 0.15) is 36.6 Å². The average Bonchev–Trinajstić information content (AvgIpc) is 3.57. The van der Waals surface area contributed by atoms with Crippen molar-refractivity contribution in [3.63, 3.8) is 0 Å². The van der Waals surface area contributed by atoms with Crippen LogP contribution >= 0.6 is 0 Å². The third-order valence-electron chi connectivity index (χ3n) is 6.19. The van der Waals surface area contributed by atoms with Gasteiger partial charge in [-0.15, -0.1) is 0 Å². The number of ether oxygens (including phenoxy) is 1. The number of nitrogens with zero attached hydrogens (tertiary/aromatic N) is 4. The van der Waals surface area contributed by atoms with Crippen molar-refractivity contribution in [2.24, 2.45) is 7.05 Å². The van der Waals surface area contributed by atoms with E-state index in [4.69, 9.17) is 4.74 Å². The predicted molar refractivity (Wildman–Crippen MR) is 127 cm³/mol. The van der Waals surface area contributed by atoms with E-state index in [9.17, 15) is 18.8 Å². The van der Waals surface area contributed by atoms with Crippen LogP contribution in [-0.4, -0.2) is 32.5 Å². The van der Waals surface area contributed by atoms with Gasteiger partial charge in [0.2, 0.25) is 6.43 Å². The minimum Gasteiger partial charge on any atom is -0.489 e. The van der Waals surface area contributed by atoms with Crippen LogP contribution in [0.4, 0.5) is 8.78 Å². The average molecular weight is 475 g/mol. The Morgan fingerprint density at radius 2 is 2.03 bits per heavy atom. The molecule has 5 rings (SSSR count). The molecular weight excluding hydrogens is 452 g/mol. The number of nitrogens with one attached hydrogen (secondary N) is 1. The Labute approximate surface area is 200 Å². The van der Waals surface area contributed by atoms with Gasteiger partial charge in [-0.25, -0.2) is 13.9 Å². The van der Waals surface area contributed by atoms with E-state index in [1.165, 1.54) is 0 Å². The molecule has 0 unspecified atom stereocenters. The third kappa shape index (κ3) is 4.28. The van der Waals surface area contributed by atoms with Crippen molar-refractivity contribution in [1.29, 1.82) is 5.26 Å². The van der Waals surface area contributed by atoms with Crippen LogP contribution in [0.3, 0.4) is 0 Å². The van der Waals surface area contributed by atoms with E-state index >= 15 is 0 Å². The first kappa shape index (κ1) is 22.7. The quantitative estimate of drug-likeness (QED) is 0.415. The number of fused-ring (bicyclic) bond motifs is 1. The highest BCUT2D eigenvalue weighted by atomic mass is 19.3. The number of hydrogen-bond acceptors (Lipinski definition) is 5. The Morgan fingerprint density at radius 1 is 1.23 bits per heavy atom. The van der Waals surface area contributed by atoms with Gasteiger partial charge in [0, 0.05) is 30.0 Å². The van der Waals surface area contributed by atoms with Crippen molar-refractivity contribution in [3.8, 4) is 34.2 Å². The molecule has 2 aromatic carbocycles. The molecule has 1 N–H and O–H groups in total. The van der Waals surface area contributed by atoms with Crippen LogP contribution in [0, 0.1) is 11.3 Å². The summed E-state index contributed by atoms with van der Waals surface area (Å²) in [5.74, 6) is 0.317. The lowest BCUT2D eigenvalue weighted by Crippen LogP contribution is -2.10. The number of halogens is 2. The van der Waals surface area contributed by atoms with Gasteiger partial charge in [-0.1, -0.05) is 13.0 Å². The molecule has 1 aliphatic carbocycles. The number of H-pyrrole nitrogens is 1. The molecular formula is C26H23F2N5O2. The second-order valence-corrected chi connectivity index (χ2v) is 8.68. The summed E-state index contributed by atoms with van der Waals surface area (Å²) in [6, 6.07) is 10.8. The first-order chi connectivity index (χ1) is 16.9. The molecule has 0 bridgehead atoms. The Hall–Kier alpha value is -4.06. The molecule has 0 saturated heterocycles. The number of rotatable bonds is 7. The van der Waals surface area contributed by atoms with Gasteiger partial charge in [-0.2, -0.15) is 15.5 Å². The van der Waals surface area contributed by atoms with Crippen molar-refractivity contribution in [2.45, 2.75) is 45.1 Å². The van der Waals surface area contributed by atoms with E-state index in [1.54, 1.807) is 36.1 Å². The van der Waals surface area contributed by atoms with Crippen molar-refractivity contribution in [2.75, 3.05) is 0 Å². The fraction of sp³-hybridized carbons (Fsp3) is 0.308. The van der Waals surface area contributed by atoms with E-state index in [-0.39, 0.29) is 17.2 Å². The van der Waals surface area contributed by atoms with Gasteiger partial charge in [0.15, 0.2) is 0 Å². The summed E-state index contributed by atoms with van der Waals surface area (Å²) in [6.07, 6.45) is 1.07. The Kier molecular flexibility index (Phi) is 5.81. The van der Waals surface area contributed by atoms with Gasteiger partial charge in [-0.05, 0) is 54.7 Å². The summed E-state index contributed by atoms with van der Waals surface area (Å²) in [5, 5.41) is 22.4. The van der Waals surface area contributed by atoms with Gasteiger partial charge in [0.05, 0.1) is 29.1 Å². The topological polar surface area (TPSA) is 96.6 Å². The molecule has 0 amide bonds. The fourth-order valence-corrected chi connectivity index (χ4v) is 4.35. The van der Waals surface area contributed by atoms with Crippen molar-refractivity contribution in [3.05, 3.63) is 63.7 Å². The van der Waals surface area contributed by atoms with Crippen LogP contribution in [0.25, 0.3) is 33.2 Å². The second-order valence-electron chi connectivity index (χ2n) is 8.68. The van der Waals surface area contributed by atoms with Crippen molar-refractivity contribution < 1.29 is 13.5 Å². The van der Waals surface area contributed by atoms with Crippen LogP contribution in [0.5, 0.6) is 5.75 Å². The molecule has 0 radical (unpaired) electrons. The first-order valence-electron chi connectivity index (χ1n) is 11.5. The van der Waals surface area contributed by atoms with E-state index in [0.29, 0.717) is 39.9 Å². The van der Waals surface area contributed by atoms with E-state index in [1.807, 2.05) is 19.1 Å². The summed E-state index contributed by atoms with van der Waals surface area (Å²) >= 11 is 0. The molecule has 35 heavy (non-hydrogen) atoms. The largest absolute Gasteiger partial charge is 0.489 e. The van der Waals surface area contributed by atoms with Crippen LogP contribution in [-0.2, 0) is 19.9 Å². The molecule has 0 atom stereocenters. The molecule has 0 spiro atoms. The predicted octanol–water partition coefficient (Wildman–Crippen LogP) is 4.77. The van der Waals surface area contributed by atoms with Crippen LogP contribution in [0.15, 0.2) is 41.3 Å². The minimum atomic E-state index is -2.53. The zero-order chi connectivity index (χ0) is 24.7. The molecule has 1 fully saturated rings. The molecule has 178 valence electrons. The van der Waals surface area contributed by atoms with Gasteiger partial charge in [0.1, 0.15) is 17.4 Å². The maximum Gasteiger partial charge on any atom is 0.272 e. The molecule has 2 heterocycles. The summed E-state index contributed by atoms with van der Waals surface area (Å²) < 4.78 is 34.2. The number of aromatic amines is 1. The molecule has 0 aliphatic heterocycles. The highest BCUT2D eigenvalue weighted by Crippen LogP contribution is 2.40. The van der Waals surface area contributed by atoms with E-state index in [2.05, 4.69) is 21.4 Å². The van der Waals surface area contributed by atoms with E-state index < -0.39 is 12.8 Å². The highest BCUT2D eigenvalue weighted by molar-refractivity contribution is 5.92. The monoisotopic (exact) mass is 475 g/mol. The summed E-state index contributed by atoms with van der Waals surface area (Å²) in [6.45, 7) is 1.96. The van der Waals surface area contributed by atoms with Gasteiger partial charge in [-0.3, -0.25) is 9.48 Å². The zero-order valence-corrected chi connectivity index (χ0v) is 19.3. The Bertz CT molecular complexity index is 1530. The molecule has 4 aromatic rings. The SMILES string of the molecule is CCc1n[nH]c(=O)c2ccc(-c3cnn(C)c3-c3cc(CC(F)F)cc(OC4CC4)c3C#N)cc12. The van der Waals surface area contributed by atoms with Gasteiger partial charge in [0.25, 0.3) is 5.56 Å². The Morgan fingerprint density at radius 3 is 2.71 bits per heavy atom. The number of hydrogen-bond donors (Lipinski definition) is 1. The highest BCUT2D eigenvalue weighted by Gasteiger charge is 2.27. The lowest BCUT2D eigenvalue weighted by Gasteiger charge is -2.16. The van der Waals surface area contributed by atoms with Crippen LogP contribution < -0.4 is 10.3 Å². The van der Waals surface area contributed by atoms with Gasteiger partial charge < -0.3 is 4.74 Å². The van der Waals surface area contributed by atoms with E-state index in [0.717, 1.165) is 29.5 Å². The van der Waals surface area contributed by atoms with Crippen molar-refractivity contribution in [1.82, 2.24) is 20.0 Å². The summed E-state index contributed by atoms with van der Waals surface area (Å²) in [5.41, 5.74) is 3.72. The number of benzene rings is 2. The molecule has 1 saturated carbocycles. The number of aromatic nitrogens is 4. The van der Waals surface area contributed by atoms with Crippen LogP contribution in [0.2, 0.25) is 0 Å². The number of aryl methyl sites for hydroxylation is 2. The zero-order valence-electron chi connectivity index (χ0n) is 19.3. The minimum absolute atomic E-state index is 0.00121. The third-order valence-corrected chi connectivity index (χ3v) is 6.19.